The van der Waals surface area contributed by atoms with Gasteiger partial charge < -0.3 is 10.1 Å². The minimum Gasteiger partial charge on any atom is -0.358 e. The summed E-state index contributed by atoms with van der Waals surface area (Å²) in [5.74, 6) is -1.22. The average Bonchev–Trinajstić information content (AvgIpc) is 3.23. The SMILES string of the molecule is Cc1cc([N+](=O)[O-])nn1C(C)C(=O)Nc1ncn(Cc2ccc(F)cc2Cl)n1. The van der Waals surface area contributed by atoms with Crippen LogP contribution in [0.25, 0.3) is 0 Å². The summed E-state index contributed by atoms with van der Waals surface area (Å²) in [7, 11) is 0. The van der Waals surface area contributed by atoms with E-state index in [1.807, 2.05) is 0 Å². The van der Waals surface area contributed by atoms with Crippen molar-refractivity contribution in [3.05, 3.63) is 62.8 Å². The van der Waals surface area contributed by atoms with Crippen molar-refractivity contribution < 1.29 is 14.1 Å². The lowest BCUT2D eigenvalue weighted by Crippen LogP contribution is -2.25. The molecular formula is C16H15ClFN7O3. The Morgan fingerprint density at radius 1 is 1.39 bits per heavy atom. The van der Waals surface area contributed by atoms with Crippen molar-refractivity contribution in [1.82, 2.24) is 24.5 Å². The van der Waals surface area contributed by atoms with Crippen LogP contribution in [0.2, 0.25) is 5.02 Å². The van der Waals surface area contributed by atoms with E-state index in [4.69, 9.17) is 11.6 Å². The molecule has 0 spiro atoms. The van der Waals surface area contributed by atoms with E-state index in [0.29, 0.717) is 11.3 Å². The number of halogens is 2. The monoisotopic (exact) mass is 407 g/mol. The first kappa shape index (κ1) is 19.4. The zero-order chi connectivity index (χ0) is 20.4. The predicted molar refractivity (Wildman–Crippen MR) is 97.5 cm³/mol. The second-order valence-electron chi connectivity index (χ2n) is 6.01. The molecular weight excluding hydrogens is 393 g/mol. The molecule has 2 aromatic heterocycles. The lowest BCUT2D eigenvalue weighted by atomic mass is 10.2. The molecule has 0 fully saturated rings. The third kappa shape index (κ3) is 4.14. The molecule has 0 radical (unpaired) electrons. The number of carbonyl (C=O) groups excluding carboxylic acids is 1. The Bertz CT molecular complexity index is 1050. The van der Waals surface area contributed by atoms with E-state index in [9.17, 15) is 19.3 Å². The maximum absolute atomic E-state index is 13.1. The molecule has 0 aliphatic rings. The molecule has 0 saturated carbocycles. The molecule has 3 rings (SSSR count). The highest BCUT2D eigenvalue weighted by molar-refractivity contribution is 6.31. The lowest BCUT2D eigenvalue weighted by molar-refractivity contribution is -0.389. The molecule has 3 aromatic rings. The Morgan fingerprint density at radius 2 is 2.14 bits per heavy atom. The molecule has 1 N–H and O–H groups in total. The van der Waals surface area contributed by atoms with E-state index in [1.54, 1.807) is 13.8 Å². The van der Waals surface area contributed by atoms with Crippen molar-refractivity contribution in [2.75, 3.05) is 5.32 Å². The minimum atomic E-state index is -0.813. The summed E-state index contributed by atoms with van der Waals surface area (Å²) < 4.78 is 15.8. The van der Waals surface area contributed by atoms with Gasteiger partial charge in [-0.2, -0.15) is 4.68 Å². The van der Waals surface area contributed by atoms with Gasteiger partial charge in [0.1, 0.15) is 18.2 Å². The first-order valence-electron chi connectivity index (χ1n) is 8.09. The zero-order valence-corrected chi connectivity index (χ0v) is 15.6. The molecule has 1 atom stereocenters. The van der Waals surface area contributed by atoms with Crippen molar-refractivity contribution in [3.63, 3.8) is 0 Å². The molecule has 0 saturated heterocycles. The number of anilines is 1. The highest BCUT2D eigenvalue weighted by atomic mass is 35.5. The minimum absolute atomic E-state index is 0.0504. The molecule has 146 valence electrons. The number of nitro groups is 1. The van der Waals surface area contributed by atoms with Crippen molar-refractivity contribution in [2.24, 2.45) is 0 Å². The van der Waals surface area contributed by atoms with Gasteiger partial charge >= 0.3 is 5.82 Å². The first-order valence-corrected chi connectivity index (χ1v) is 8.47. The molecule has 2 heterocycles. The Morgan fingerprint density at radius 3 is 2.79 bits per heavy atom. The summed E-state index contributed by atoms with van der Waals surface area (Å²) in [6.07, 6.45) is 1.39. The number of nitrogens with zero attached hydrogens (tertiary/aromatic N) is 6. The second-order valence-corrected chi connectivity index (χ2v) is 6.42. The molecule has 12 heteroatoms. The van der Waals surface area contributed by atoms with Gasteiger partial charge in [-0.15, -0.1) is 5.10 Å². The summed E-state index contributed by atoms with van der Waals surface area (Å²) in [6, 6.07) is 4.49. The normalized spacial score (nSPS) is 12.0. The zero-order valence-electron chi connectivity index (χ0n) is 14.8. The molecule has 1 unspecified atom stereocenters. The van der Waals surface area contributed by atoms with Crippen LogP contribution in [0.4, 0.5) is 16.2 Å². The number of amides is 1. The molecule has 28 heavy (non-hydrogen) atoms. The van der Waals surface area contributed by atoms with Gasteiger partial charge in [-0.1, -0.05) is 17.7 Å². The number of aryl methyl sites for hydroxylation is 1. The van der Waals surface area contributed by atoms with Crippen LogP contribution in [0, 0.1) is 22.9 Å². The number of rotatable bonds is 6. The Kier molecular flexibility index (Phi) is 5.36. The van der Waals surface area contributed by atoms with Crippen molar-refractivity contribution >= 4 is 29.3 Å². The Hall–Kier alpha value is -3.34. The van der Waals surface area contributed by atoms with E-state index in [-0.39, 0.29) is 23.3 Å². The van der Waals surface area contributed by atoms with Crippen LogP contribution >= 0.6 is 11.6 Å². The van der Waals surface area contributed by atoms with Crippen molar-refractivity contribution in [1.29, 1.82) is 0 Å². The highest BCUT2D eigenvalue weighted by Crippen LogP contribution is 2.19. The van der Waals surface area contributed by atoms with Gasteiger partial charge in [0.15, 0.2) is 0 Å². The average molecular weight is 408 g/mol. The predicted octanol–water partition coefficient (Wildman–Crippen LogP) is 2.73. The van der Waals surface area contributed by atoms with Gasteiger partial charge in [-0.25, -0.2) is 14.1 Å². The second kappa shape index (κ2) is 7.72. The number of nitrogens with one attached hydrogen (secondary N) is 1. The van der Waals surface area contributed by atoms with Crippen molar-refractivity contribution in [2.45, 2.75) is 26.4 Å². The standard InChI is InChI=1S/C16H15ClFN7O3/c1-9-5-14(25(27)28)21-24(9)10(2)15(26)20-16-19-8-23(22-16)7-11-3-4-12(18)6-13(11)17/h3-6,8,10H,7H2,1-2H3,(H,20,22,26). The lowest BCUT2D eigenvalue weighted by Gasteiger charge is -2.09. The first-order chi connectivity index (χ1) is 13.2. The van der Waals surface area contributed by atoms with Gasteiger partial charge in [0.05, 0.1) is 23.4 Å². The largest absolute Gasteiger partial charge is 0.390 e. The molecule has 10 nitrogen and oxygen atoms in total. The molecule has 1 amide bonds. The molecule has 0 bridgehead atoms. The van der Waals surface area contributed by atoms with Gasteiger partial charge in [0.25, 0.3) is 5.91 Å². The summed E-state index contributed by atoms with van der Waals surface area (Å²) in [6.45, 7) is 3.40. The Balaban J connectivity index is 1.69. The van der Waals surface area contributed by atoms with Crippen LogP contribution in [0.3, 0.4) is 0 Å². The number of aromatic nitrogens is 5. The molecule has 0 aliphatic heterocycles. The Labute approximate surface area is 163 Å². The van der Waals surface area contributed by atoms with E-state index in [1.165, 1.54) is 40.0 Å². The van der Waals surface area contributed by atoms with Crippen LogP contribution < -0.4 is 5.32 Å². The van der Waals surface area contributed by atoms with Crippen LogP contribution in [0.5, 0.6) is 0 Å². The van der Waals surface area contributed by atoms with Gasteiger partial charge in [-0.3, -0.25) is 10.1 Å². The summed E-state index contributed by atoms with van der Waals surface area (Å²) in [4.78, 5) is 26.6. The number of carbonyl (C=O) groups is 1. The fourth-order valence-corrected chi connectivity index (χ4v) is 2.76. The fraction of sp³-hybridized carbons (Fsp3) is 0.250. The van der Waals surface area contributed by atoms with E-state index in [2.05, 4.69) is 20.5 Å². The third-order valence-electron chi connectivity index (χ3n) is 3.96. The van der Waals surface area contributed by atoms with E-state index in [0.717, 1.165) is 0 Å². The maximum Gasteiger partial charge on any atom is 0.390 e. The van der Waals surface area contributed by atoms with E-state index >= 15 is 0 Å². The molecule has 1 aromatic carbocycles. The van der Waals surface area contributed by atoms with Crippen LogP contribution in [-0.4, -0.2) is 35.4 Å². The third-order valence-corrected chi connectivity index (χ3v) is 4.31. The van der Waals surface area contributed by atoms with Crippen LogP contribution in [-0.2, 0) is 11.3 Å². The highest BCUT2D eigenvalue weighted by Gasteiger charge is 2.25. The number of hydrogen-bond donors (Lipinski definition) is 1. The number of benzene rings is 1. The van der Waals surface area contributed by atoms with E-state index < -0.39 is 22.7 Å². The summed E-state index contributed by atoms with van der Waals surface area (Å²) in [5, 5.41) is 21.5. The quantitative estimate of drug-likeness (QED) is 0.495. The number of hydrogen-bond acceptors (Lipinski definition) is 6. The van der Waals surface area contributed by atoms with Gasteiger partial charge in [0, 0.05) is 5.02 Å². The molecule has 0 aliphatic carbocycles. The van der Waals surface area contributed by atoms with Crippen LogP contribution in [0.15, 0.2) is 30.6 Å². The maximum atomic E-state index is 13.1. The summed E-state index contributed by atoms with van der Waals surface area (Å²) >= 11 is 5.99. The van der Waals surface area contributed by atoms with Crippen molar-refractivity contribution in [3.8, 4) is 0 Å². The topological polar surface area (TPSA) is 121 Å². The van der Waals surface area contributed by atoms with Gasteiger partial charge in [-0.05, 0) is 36.5 Å². The van der Waals surface area contributed by atoms with Gasteiger partial charge in [0.2, 0.25) is 5.95 Å². The van der Waals surface area contributed by atoms with Crippen LogP contribution in [0.1, 0.15) is 24.2 Å². The fourth-order valence-electron chi connectivity index (χ4n) is 2.53. The smallest absolute Gasteiger partial charge is 0.358 e. The summed E-state index contributed by atoms with van der Waals surface area (Å²) in [5.41, 5.74) is 1.11.